The molecular formula is C35H37N2+. The molecule has 37 heavy (non-hydrogen) atoms. The highest BCUT2D eigenvalue weighted by molar-refractivity contribution is 5.49. The van der Waals surface area contributed by atoms with Crippen molar-refractivity contribution in [2.45, 2.75) is 6.04 Å². The first-order valence-corrected chi connectivity index (χ1v) is 13.4. The highest BCUT2D eigenvalue weighted by Crippen LogP contribution is 2.31. The van der Waals surface area contributed by atoms with Crippen molar-refractivity contribution in [3.8, 4) is 0 Å². The molecule has 1 aliphatic rings. The SMILES string of the molecule is C(=C\c1ccccc1)/C[N+]1(C/C=C/c2ccccc2)CCN(C(c2ccccc2)c2ccccc2)CC1. The second kappa shape index (κ2) is 12.5. The maximum atomic E-state index is 2.68. The first-order valence-electron chi connectivity index (χ1n) is 13.4. The molecule has 1 heterocycles. The first kappa shape index (κ1) is 25.0. The normalized spacial score (nSPS) is 16.0. The molecule has 2 nitrogen and oxygen atoms in total. The van der Waals surface area contributed by atoms with Gasteiger partial charge in [0.05, 0.1) is 32.2 Å². The monoisotopic (exact) mass is 485 g/mol. The van der Waals surface area contributed by atoms with E-state index < -0.39 is 0 Å². The van der Waals surface area contributed by atoms with Crippen molar-refractivity contribution in [3.63, 3.8) is 0 Å². The molecule has 0 N–H and O–H groups in total. The zero-order chi connectivity index (χ0) is 25.2. The third kappa shape index (κ3) is 6.74. The topological polar surface area (TPSA) is 3.24 Å². The molecule has 0 saturated carbocycles. The van der Waals surface area contributed by atoms with E-state index in [2.05, 4.69) is 151 Å². The summed E-state index contributed by atoms with van der Waals surface area (Å²) in [6.07, 6.45) is 9.33. The minimum Gasteiger partial charge on any atom is -0.315 e. The zero-order valence-electron chi connectivity index (χ0n) is 21.6. The predicted octanol–water partition coefficient (Wildman–Crippen LogP) is 7.34. The number of nitrogens with zero attached hydrogens (tertiary/aromatic N) is 2. The summed E-state index contributed by atoms with van der Waals surface area (Å²) in [6.45, 7) is 6.51. The van der Waals surface area contributed by atoms with E-state index in [1.165, 1.54) is 22.3 Å². The van der Waals surface area contributed by atoms with E-state index >= 15 is 0 Å². The molecule has 0 aromatic heterocycles. The fraction of sp³-hybridized carbons (Fsp3) is 0.200. The van der Waals surface area contributed by atoms with E-state index in [9.17, 15) is 0 Å². The maximum absolute atomic E-state index is 2.68. The number of piperazine rings is 1. The van der Waals surface area contributed by atoms with E-state index in [0.29, 0.717) is 6.04 Å². The summed E-state index contributed by atoms with van der Waals surface area (Å²) < 4.78 is 1.08. The van der Waals surface area contributed by atoms with Crippen molar-refractivity contribution in [2.75, 3.05) is 39.3 Å². The van der Waals surface area contributed by atoms with Gasteiger partial charge in [0.2, 0.25) is 0 Å². The van der Waals surface area contributed by atoms with Gasteiger partial charge in [0.15, 0.2) is 0 Å². The van der Waals surface area contributed by atoms with Crippen LogP contribution >= 0.6 is 0 Å². The van der Waals surface area contributed by atoms with Crippen LogP contribution in [0.5, 0.6) is 0 Å². The van der Waals surface area contributed by atoms with Crippen LogP contribution in [-0.4, -0.2) is 48.7 Å². The molecule has 5 rings (SSSR count). The Morgan fingerprint density at radius 1 is 0.541 bits per heavy atom. The van der Waals surface area contributed by atoms with Gasteiger partial charge in [0, 0.05) is 13.1 Å². The van der Waals surface area contributed by atoms with Crippen LogP contribution in [0.25, 0.3) is 12.2 Å². The van der Waals surface area contributed by atoms with Crippen molar-refractivity contribution < 1.29 is 4.48 Å². The largest absolute Gasteiger partial charge is 0.315 e. The van der Waals surface area contributed by atoms with Crippen LogP contribution in [0.15, 0.2) is 133 Å². The molecule has 4 aromatic rings. The van der Waals surface area contributed by atoms with Crippen LogP contribution in [0.3, 0.4) is 0 Å². The first-order chi connectivity index (χ1) is 18.3. The number of benzene rings is 4. The molecule has 4 aromatic carbocycles. The predicted molar refractivity (Wildman–Crippen MR) is 157 cm³/mol. The maximum Gasteiger partial charge on any atom is 0.0980 e. The van der Waals surface area contributed by atoms with Gasteiger partial charge < -0.3 is 4.48 Å². The standard InChI is InChI=1S/C35H37N2/c1-5-15-31(16-6-1)19-13-27-37(28-14-20-32-17-7-2-8-18-32)29-25-36(26-30-37)35(33-21-9-3-10-22-33)34-23-11-4-12-24-34/h1-24,35H,25-30H2/q+1/b19-13+,20-14+. The van der Waals surface area contributed by atoms with Crippen LogP contribution < -0.4 is 0 Å². The quantitative estimate of drug-likeness (QED) is 0.224. The zero-order valence-corrected chi connectivity index (χ0v) is 21.6. The van der Waals surface area contributed by atoms with Crippen LogP contribution in [0.4, 0.5) is 0 Å². The lowest BCUT2D eigenvalue weighted by Gasteiger charge is -2.46. The van der Waals surface area contributed by atoms with Gasteiger partial charge >= 0.3 is 0 Å². The molecule has 0 unspecified atom stereocenters. The lowest BCUT2D eigenvalue weighted by atomic mass is 9.96. The van der Waals surface area contributed by atoms with E-state index in [-0.39, 0.29) is 0 Å². The summed E-state index contributed by atoms with van der Waals surface area (Å²) >= 11 is 0. The smallest absolute Gasteiger partial charge is 0.0980 e. The van der Waals surface area contributed by atoms with Gasteiger partial charge in [-0.05, 0) is 34.4 Å². The van der Waals surface area contributed by atoms with Gasteiger partial charge in [0.1, 0.15) is 0 Å². The molecule has 0 bridgehead atoms. The van der Waals surface area contributed by atoms with Crippen LogP contribution in [0, 0.1) is 0 Å². The van der Waals surface area contributed by atoms with Gasteiger partial charge in [-0.15, -0.1) is 0 Å². The van der Waals surface area contributed by atoms with E-state index in [0.717, 1.165) is 43.8 Å². The Labute approximate surface area is 222 Å². The number of hydrogen-bond acceptors (Lipinski definition) is 1. The Bertz CT molecular complexity index is 1160. The lowest BCUT2D eigenvalue weighted by molar-refractivity contribution is -0.921. The number of hydrogen-bond donors (Lipinski definition) is 0. The Hall–Kier alpha value is -3.72. The molecule has 0 atom stereocenters. The molecule has 0 radical (unpaired) electrons. The molecule has 1 aliphatic heterocycles. The van der Waals surface area contributed by atoms with Crippen LogP contribution in [0.1, 0.15) is 28.3 Å². The Morgan fingerprint density at radius 3 is 1.32 bits per heavy atom. The van der Waals surface area contributed by atoms with Crippen molar-refractivity contribution in [1.82, 2.24) is 4.90 Å². The van der Waals surface area contributed by atoms with Gasteiger partial charge in [-0.1, -0.05) is 133 Å². The third-order valence-electron chi connectivity index (χ3n) is 7.52. The molecular weight excluding hydrogens is 448 g/mol. The summed E-state index contributed by atoms with van der Waals surface area (Å²) in [6, 6.07) is 43.6. The van der Waals surface area contributed by atoms with E-state index in [1.54, 1.807) is 0 Å². The van der Waals surface area contributed by atoms with Crippen molar-refractivity contribution >= 4 is 12.2 Å². The molecule has 0 amide bonds. The fourth-order valence-corrected chi connectivity index (χ4v) is 5.44. The summed E-state index contributed by atoms with van der Waals surface area (Å²) in [7, 11) is 0. The van der Waals surface area contributed by atoms with Crippen molar-refractivity contribution in [2.24, 2.45) is 0 Å². The molecule has 0 spiro atoms. The van der Waals surface area contributed by atoms with Gasteiger partial charge in [-0.2, -0.15) is 0 Å². The second-order valence-corrected chi connectivity index (χ2v) is 10.0. The highest BCUT2D eigenvalue weighted by atomic mass is 15.4. The van der Waals surface area contributed by atoms with Gasteiger partial charge in [-0.3, -0.25) is 4.90 Å². The molecule has 1 saturated heterocycles. The second-order valence-electron chi connectivity index (χ2n) is 10.0. The number of rotatable bonds is 9. The summed E-state index contributed by atoms with van der Waals surface area (Å²) in [4.78, 5) is 2.68. The summed E-state index contributed by atoms with van der Waals surface area (Å²) in [5.74, 6) is 0. The Morgan fingerprint density at radius 2 is 0.919 bits per heavy atom. The number of quaternary nitrogens is 1. The third-order valence-corrected chi connectivity index (χ3v) is 7.52. The van der Waals surface area contributed by atoms with Crippen molar-refractivity contribution in [1.29, 1.82) is 0 Å². The minimum absolute atomic E-state index is 0.296. The molecule has 186 valence electrons. The molecule has 0 aliphatic carbocycles. The van der Waals surface area contributed by atoms with Crippen molar-refractivity contribution in [3.05, 3.63) is 156 Å². The van der Waals surface area contributed by atoms with E-state index in [4.69, 9.17) is 0 Å². The van der Waals surface area contributed by atoms with Gasteiger partial charge in [-0.25, -0.2) is 0 Å². The molecule has 1 fully saturated rings. The lowest BCUT2D eigenvalue weighted by Crippen LogP contribution is -2.60. The Balaban J connectivity index is 1.34. The summed E-state index contributed by atoms with van der Waals surface area (Å²) in [5, 5.41) is 0. The average Bonchev–Trinajstić information content (AvgIpc) is 2.97. The van der Waals surface area contributed by atoms with Crippen LogP contribution in [-0.2, 0) is 0 Å². The minimum atomic E-state index is 0.296. The highest BCUT2D eigenvalue weighted by Gasteiger charge is 2.34. The van der Waals surface area contributed by atoms with E-state index in [1.807, 2.05) is 0 Å². The Kier molecular flexibility index (Phi) is 8.43. The van der Waals surface area contributed by atoms with Gasteiger partial charge in [0.25, 0.3) is 0 Å². The average molecular weight is 486 g/mol. The molecule has 2 heteroatoms. The van der Waals surface area contributed by atoms with Crippen LogP contribution in [0.2, 0.25) is 0 Å². The summed E-state index contributed by atoms with van der Waals surface area (Å²) in [5.41, 5.74) is 5.29. The fourth-order valence-electron chi connectivity index (χ4n) is 5.44.